The minimum absolute atomic E-state index is 0.284. The van der Waals surface area contributed by atoms with E-state index < -0.39 is 5.97 Å². The second-order valence-corrected chi connectivity index (χ2v) is 5.74. The van der Waals surface area contributed by atoms with Crippen LogP contribution in [0.25, 0.3) is 0 Å². The van der Waals surface area contributed by atoms with Crippen LogP contribution in [0.4, 0.5) is 0 Å². The fraction of sp³-hybridized carbons (Fsp3) is 0.714. The average molecular weight is 248 g/mol. The molecule has 1 atom stereocenters. The summed E-state index contributed by atoms with van der Waals surface area (Å²) < 4.78 is 0. The number of aryl methyl sites for hydroxylation is 1. The van der Waals surface area contributed by atoms with E-state index in [1.807, 2.05) is 0 Å². The number of nitrogens with one attached hydrogen (secondary N) is 1. The molecular formula is C14H20N2O2. The third-order valence-electron chi connectivity index (χ3n) is 4.37. The number of hydrogen-bond acceptors (Lipinski definition) is 2. The molecule has 0 amide bonds. The number of carbonyl (C=O) groups is 1. The van der Waals surface area contributed by atoms with Gasteiger partial charge in [-0.05, 0) is 38.0 Å². The molecule has 2 aliphatic rings. The van der Waals surface area contributed by atoms with Crippen LogP contribution in [0.2, 0.25) is 0 Å². The van der Waals surface area contributed by atoms with Crippen molar-refractivity contribution in [3.05, 3.63) is 17.2 Å². The zero-order valence-corrected chi connectivity index (χ0v) is 10.6. The molecule has 0 radical (unpaired) electrons. The third kappa shape index (κ3) is 2.28. The van der Waals surface area contributed by atoms with Gasteiger partial charge in [0.25, 0.3) is 0 Å². The first kappa shape index (κ1) is 11.8. The van der Waals surface area contributed by atoms with E-state index in [9.17, 15) is 4.79 Å². The lowest BCUT2D eigenvalue weighted by atomic mass is 9.87. The Morgan fingerprint density at radius 3 is 2.83 bits per heavy atom. The number of carboxylic acids is 1. The highest BCUT2D eigenvalue weighted by Crippen LogP contribution is 2.34. The van der Waals surface area contributed by atoms with Gasteiger partial charge in [-0.25, -0.2) is 4.98 Å². The molecule has 4 nitrogen and oxygen atoms in total. The lowest BCUT2D eigenvalue weighted by Crippen LogP contribution is -2.17. The van der Waals surface area contributed by atoms with E-state index in [0.29, 0.717) is 5.92 Å². The van der Waals surface area contributed by atoms with E-state index >= 15 is 0 Å². The van der Waals surface area contributed by atoms with Crippen molar-refractivity contribution in [2.45, 2.75) is 57.3 Å². The minimum Gasteiger partial charge on any atom is -0.481 e. The molecule has 4 heteroatoms. The molecule has 0 aromatic carbocycles. The summed E-state index contributed by atoms with van der Waals surface area (Å²) in [6, 6.07) is 0. The number of H-pyrrole nitrogens is 1. The average Bonchev–Trinajstić information content (AvgIpc) is 2.95. The molecule has 18 heavy (non-hydrogen) atoms. The van der Waals surface area contributed by atoms with Gasteiger partial charge in [0.15, 0.2) is 0 Å². The van der Waals surface area contributed by atoms with Crippen molar-refractivity contribution in [2.75, 3.05) is 0 Å². The van der Waals surface area contributed by atoms with E-state index in [-0.39, 0.29) is 12.3 Å². The maximum absolute atomic E-state index is 10.8. The van der Waals surface area contributed by atoms with Crippen molar-refractivity contribution in [3.8, 4) is 0 Å². The van der Waals surface area contributed by atoms with Gasteiger partial charge in [-0.15, -0.1) is 0 Å². The monoisotopic (exact) mass is 248 g/mol. The Balaban J connectivity index is 1.73. The van der Waals surface area contributed by atoms with Crippen LogP contribution in [0.15, 0.2) is 0 Å². The first-order valence-corrected chi connectivity index (χ1v) is 7.02. The number of carboxylic acid groups (broad SMARTS) is 1. The Kier molecular flexibility index (Phi) is 3.10. The highest BCUT2D eigenvalue weighted by molar-refractivity contribution is 5.67. The van der Waals surface area contributed by atoms with Gasteiger partial charge in [-0.2, -0.15) is 0 Å². The molecule has 1 aromatic rings. The number of imidazole rings is 1. The summed E-state index contributed by atoms with van der Waals surface area (Å²) in [7, 11) is 0. The van der Waals surface area contributed by atoms with Gasteiger partial charge < -0.3 is 10.1 Å². The van der Waals surface area contributed by atoms with Crippen LogP contribution >= 0.6 is 0 Å². The zero-order valence-electron chi connectivity index (χ0n) is 10.6. The Morgan fingerprint density at radius 1 is 1.33 bits per heavy atom. The van der Waals surface area contributed by atoms with Gasteiger partial charge in [0.05, 0.1) is 5.69 Å². The quantitative estimate of drug-likeness (QED) is 0.864. The lowest BCUT2D eigenvalue weighted by molar-refractivity contribution is -0.138. The van der Waals surface area contributed by atoms with E-state index in [1.165, 1.54) is 37.1 Å². The Morgan fingerprint density at radius 2 is 2.11 bits per heavy atom. The summed E-state index contributed by atoms with van der Waals surface area (Å²) in [6.45, 7) is 0. The number of aliphatic carboxylic acids is 1. The van der Waals surface area contributed by atoms with Crippen LogP contribution in [-0.2, 0) is 17.6 Å². The SMILES string of the molecule is O=C(O)CC1CCc2nc(C3CCCC3)[nH]c2C1. The maximum Gasteiger partial charge on any atom is 0.303 e. The minimum atomic E-state index is -0.681. The molecule has 3 rings (SSSR count). The molecule has 1 heterocycles. The van der Waals surface area contributed by atoms with Gasteiger partial charge in [0, 0.05) is 18.0 Å². The van der Waals surface area contributed by atoms with Crippen molar-refractivity contribution >= 4 is 5.97 Å². The van der Waals surface area contributed by atoms with Crippen molar-refractivity contribution in [3.63, 3.8) is 0 Å². The van der Waals surface area contributed by atoms with Crippen LogP contribution in [0.1, 0.15) is 61.7 Å². The van der Waals surface area contributed by atoms with E-state index in [4.69, 9.17) is 10.1 Å². The van der Waals surface area contributed by atoms with Crippen LogP contribution in [0.5, 0.6) is 0 Å². The second-order valence-electron chi connectivity index (χ2n) is 5.74. The van der Waals surface area contributed by atoms with Crippen molar-refractivity contribution < 1.29 is 9.90 Å². The molecule has 1 unspecified atom stereocenters. The van der Waals surface area contributed by atoms with Crippen molar-refractivity contribution in [2.24, 2.45) is 5.92 Å². The predicted octanol–water partition coefficient (Wildman–Crippen LogP) is 2.65. The zero-order chi connectivity index (χ0) is 12.5. The molecule has 98 valence electrons. The van der Waals surface area contributed by atoms with Gasteiger partial charge in [0.1, 0.15) is 5.82 Å². The summed E-state index contributed by atoms with van der Waals surface area (Å²) in [6.07, 6.45) is 8.20. The maximum atomic E-state index is 10.8. The Labute approximate surface area is 107 Å². The number of rotatable bonds is 3. The second kappa shape index (κ2) is 4.75. The van der Waals surface area contributed by atoms with Gasteiger partial charge >= 0.3 is 5.97 Å². The van der Waals surface area contributed by atoms with Crippen LogP contribution in [0.3, 0.4) is 0 Å². The van der Waals surface area contributed by atoms with Crippen molar-refractivity contribution in [1.29, 1.82) is 0 Å². The van der Waals surface area contributed by atoms with E-state index in [0.717, 1.165) is 25.1 Å². The smallest absolute Gasteiger partial charge is 0.303 e. The topological polar surface area (TPSA) is 66.0 Å². The summed E-state index contributed by atoms with van der Waals surface area (Å²) >= 11 is 0. The molecule has 0 saturated heterocycles. The van der Waals surface area contributed by atoms with Crippen molar-refractivity contribution in [1.82, 2.24) is 9.97 Å². The predicted molar refractivity (Wildman–Crippen MR) is 67.6 cm³/mol. The molecule has 2 N–H and O–H groups in total. The summed E-state index contributed by atoms with van der Waals surface area (Å²) in [5, 5.41) is 8.87. The molecule has 1 aromatic heterocycles. The third-order valence-corrected chi connectivity index (χ3v) is 4.37. The number of nitrogens with zero attached hydrogens (tertiary/aromatic N) is 1. The highest BCUT2D eigenvalue weighted by atomic mass is 16.4. The fourth-order valence-corrected chi connectivity index (χ4v) is 3.39. The Bertz CT molecular complexity index is 447. The number of hydrogen-bond donors (Lipinski definition) is 2. The fourth-order valence-electron chi connectivity index (χ4n) is 3.39. The molecule has 2 aliphatic carbocycles. The van der Waals surface area contributed by atoms with Crippen LogP contribution in [-0.4, -0.2) is 21.0 Å². The molecular weight excluding hydrogens is 228 g/mol. The van der Waals surface area contributed by atoms with Crippen LogP contribution < -0.4 is 0 Å². The normalized spacial score (nSPS) is 24.1. The van der Waals surface area contributed by atoms with Crippen LogP contribution in [0, 0.1) is 5.92 Å². The van der Waals surface area contributed by atoms with E-state index in [2.05, 4.69) is 4.98 Å². The largest absolute Gasteiger partial charge is 0.481 e. The first-order chi connectivity index (χ1) is 8.72. The Hall–Kier alpha value is -1.32. The van der Waals surface area contributed by atoms with E-state index in [1.54, 1.807) is 0 Å². The highest BCUT2D eigenvalue weighted by Gasteiger charge is 2.26. The summed E-state index contributed by atoms with van der Waals surface area (Å²) in [5.41, 5.74) is 2.40. The lowest BCUT2D eigenvalue weighted by Gasteiger charge is -2.19. The summed E-state index contributed by atoms with van der Waals surface area (Å²) in [4.78, 5) is 19.0. The molecule has 0 spiro atoms. The summed E-state index contributed by atoms with van der Waals surface area (Å²) in [5.74, 6) is 1.38. The number of aromatic nitrogens is 2. The molecule has 1 fully saturated rings. The number of fused-ring (bicyclic) bond motifs is 1. The molecule has 1 saturated carbocycles. The van der Waals surface area contributed by atoms with Gasteiger partial charge in [-0.1, -0.05) is 12.8 Å². The number of aromatic amines is 1. The van der Waals surface area contributed by atoms with Gasteiger partial charge in [-0.3, -0.25) is 4.79 Å². The standard InChI is InChI=1S/C14H20N2O2/c17-13(18)8-9-5-6-11-12(7-9)16-14(15-11)10-3-1-2-4-10/h9-10H,1-8H2,(H,15,16)(H,17,18). The van der Waals surface area contributed by atoms with Gasteiger partial charge in [0.2, 0.25) is 0 Å². The first-order valence-electron chi connectivity index (χ1n) is 7.02. The molecule has 0 aliphatic heterocycles. The molecule has 0 bridgehead atoms.